The largest absolute Gasteiger partial charge is 0.184 e. The molecular formula is C15H14Y2-2. The van der Waals surface area contributed by atoms with E-state index in [0.29, 0.717) is 0 Å². The van der Waals surface area contributed by atoms with Crippen LogP contribution in [0.1, 0.15) is 25.0 Å². The van der Waals surface area contributed by atoms with E-state index in [1.165, 1.54) is 11.1 Å². The Morgan fingerprint density at radius 3 is 1.29 bits per heavy atom. The predicted octanol–water partition coefficient (Wildman–Crippen LogP) is 3.61. The monoisotopic (exact) mass is 372 g/mol. The van der Waals surface area contributed by atoms with Gasteiger partial charge in [0.25, 0.3) is 0 Å². The van der Waals surface area contributed by atoms with Gasteiger partial charge < -0.3 is 0 Å². The van der Waals surface area contributed by atoms with Crippen LogP contribution in [0, 0.1) is 12.1 Å². The number of rotatable bonds is 2. The minimum atomic E-state index is 0. The fourth-order valence-corrected chi connectivity index (χ4v) is 1.77. The van der Waals surface area contributed by atoms with Crippen LogP contribution < -0.4 is 0 Å². The van der Waals surface area contributed by atoms with Crippen LogP contribution in [0.4, 0.5) is 0 Å². The minimum Gasteiger partial charge on any atom is -0.184 e. The fourth-order valence-electron chi connectivity index (χ4n) is 1.77. The van der Waals surface area contributed by atoms with Crippen molar-refractivity contribution in [3.05, 3.63) is 71.8 Å². The molecule has 0 amide bonds. The summed E-state index contributed by atoms with van der Waals surface area (Å²) < 4.78 is 0. The number of hydrogen-bond acceptors (Lipinski definition) is 0. The van der Waals surface area contributed by atoms with Gasteiger partial charge in [-0.3, -0.25) is 0 Å². The summed E-state index contributed by atoms with van der Waals surface area (Å²) in [7, 11) is 0. The van der Waals surface area contributed by atoms with E-state index >= 15 is 0 Å². The van der Waals surface area contributed by atoms with Crippen molar-refractivity contribution >= 4 is 0 Å². The fraction of sp³-hybridized carbons (Fsp3) is 0.200. The molecule has 0 atom stereocenters. The van der Waals surface area contributed by atoms with Gasteiger partial charge in [0.1, 0.15) is 0 Å². The summed E-state index contributed by atoms with van der Waals surface area (Å²) in [5.74, 6) is 0. The van der Waals surface area contributed by atoms with Crippen LogP contribution in [-0.4, -0.2) is 0 Å². The van der Waals surface area contributed by atoms with Gasteiger partial charge in [-0.2, -0.15) is 60.7 Å². The number of benzene rings is 2. The molecule has 0 saturated heterocycles. The van der Waals surface area contributed by atoms with Crippen LogP contribution in [0.2, 0.25) is 0 Å². The Morgan fingerprint density at radius 1 is 0.706 bits per heavy atom. The Bertz CT molecular complexity index is 380. The van der Waals surface area contributed by atoms with E-state index in [1.54, 1.807) is 0 Å². The summed E-state index contributed by atoms with van der Waals surface area (Å²) in [6.45, 7) is 4.47. The molecule has 0 heterocycles. The van der Waals surface area contributed by atoms with E-state index < -0.39 is 0 Å². The van der Waals surface area contributed by atoms with Gasteiger partial charge in [-0.1, -0.05) is 13.8 Å². The van der Waals surface area contributed by atoms with Crippen LogP contribution in [-0.2, 0) is 70.8 Å². The molecule has 0 saturated carbocycles. The zero-order chi connectivity index (χ0) is 10.7. The first-order valence-corrected chi connectivity index (χ1v) is 5.14. The zero-order valence-corrected chi connectivity index (χ0v) is 16.0. The third-order valence-corrected chi connectivity index (χ3v) is 2.88. The molecule has 2 radical (unpaired) electrons. The molecule has 0 aliphatic carbocycles. The first kappa shape index (κ1) is 17.6. The summed E-state index contributed by atoms with van der Waals surface area (Å²) in [6.07, 6.45) is 0. The Kier molecular flexibility index (Phi) is 8.25. The second-order valence-corrected chi connectivity index (χ2v) is 4.20. The molecule has 0 nitrogen and oxygen atoms in total. The van der Waals surface area contributed by atoms with E-state index in [2.05, 4.69) is 50.2 Å². The van der Waals surface area contributed by atoms with E-state index in [1.807, 2.05) is 24.3 Å². The standard InChI is InChI=1S/C15H14.2Y/c1-15(2,13-9-5-3-6-10-13)14-11-7-4-8-12-14;;/h5-12H,1-2H3;;/q-2;;. The third kappa shape index (κ3) is 4.35. The predicted molar refractivity (Wildman–Crippen MR) is 62.7 cm³/mol. The second kappa shape index (κ2) is 7.95. The molecular weight excluding hydrogens is 358 g/mol. The molecule has 2 aromatic carbocycles. The van der Waals surface area contributed by atoms with Gasteiger partial charge in [-0.05, 0) is 5.41 Å². The summed E-state index contributed by atoms with van der Waals surface area (Å²) >= 11 is 0. The van der Waals surface area contributed by atoms with Crippen molar-refractivity contribution in [2.45, 2.75) is 19.3 Å². The molecule has 0 spiro atoms. The summed E-state index contributed by atoms with van der Waals surface area (Å²) in [4.78, 5) is 0. The van der Waals surface area contributed by atoms with Crippen molar-refractivity contribution in [2.75, 3.05) is 0 Å². The van der Waals surface area contributed by atoms with Gasteiger partial charge in [-0.15, -0.1) is 11.1 Å². The Balaban J connectivity index is 0.00000128. The van der Waals surface area contributed by atoms with Gasteiger partial charge in [0.2, 0.25) is 0 Å². The van der Waals surface area contributed by atoms with Crippen LogP contribution in [0.3, 0.4) is 0 Å². The first-order valence-electron chi connectivity index (χ1n) is 5.14. The van der Waals surface area contributed by atoms with Crippen LogP contribution >= 0.6 is 0 Å². The van der Waals surface area contributed by atoms with Crippen molar-refractivity contribution in [3.63, 3.8) is 0 Å². The molecule has 17 heavy (non-hydrogen) atoms. The zero-order valence-electron chi connectivity index (χ0n) is 10.3. The maximum absolute atomic E-state index is 3.05. The molecule has 2 heteroatoms. The van der Waals surface area contributed by atoms with Gasteiger partial charge >= 0.3 is 0 Å². The van der Waals surface area contributed by atoms with Gasteiger partial charge in [0.15, 0.2) is 0 Å². The van der Waals surface area contributed by atoms with Gasteiger partial charge in [0, 0.05) is 65.4 Å². The van der Waals surface area contributed by atoms with Crippen molar-refractivity contribution in [1.82, 2.24) is 0 Å². The van der Waals surface area contributed by atoms with Crippen molar-refractivity contribution in [2.24, 2.45) is 0 Å². The number of hydrogen-bond donors (Lipinski definition) is 0. The SMILES string of the molecule is CC(C)(c1cc[c-]cc1)c1cc[c-]cc1.[Y].[Y]. The Labute approximate surface area is 154 Å². The van der Waals surface area contributed by atoms with Crippen LogP contribution in [0.15, 0.2) is 48.5 Å². The summed E-state index contributed by atoms with van der Waals surface area (Å²) in [5, 5.41) is 0. The molecule has 0 aromatic heterocycles. The quantitative estimate of drug-likeness (QED) is 0.707. The first-order chi connectivity index (χ1) is 7.21. The smallest absolute Gasteiger partial charge is 0 e. The minimum absolute atomic E-state index is 0. The summed E-state index contributed by atoms with van der Waals surface area (Å²) in [5.41, 5.74) is 2.67. The summed E-state index contributed by atoms with van der Waals surface area (Å²) in [6, 6.07) is 22.4. The average molecular weight is 372 g/mol. The molecule has 82 valence electrons. The van der Waals surface area contributed by atoms with Gasteiger partial charge in [0.05, 0.1) is 0 Å². The van der Waals surface area contributed by atoms with E-state index in [4.69, 9.17) is 0 Å². The Hall–Kier alpha value is 0.648. The molecule has 0 N–H and O–H groups in total. The third-order valence-electron chi connectivity index (χ3n) is 2.88. The van der Waals surface area contributed by atoms with Crippen molar-refractivity contribution in [3.8, 4) is 0 Å². The van der Waals surface area contributed by atoms with Crippen molar-refractivity contribution < 1.29 is 65.4 Å². The maximum atomic E-state index is 3.05. The average Bonchev–Trinajstić information content (AvgIpc) is 2.31. The Morgan fingerprint density at radius 2 is 1.00 bits per heavy atom. The molecule has 2 aromatic rings. The maximum Gasteiger partial charge on any atom is 0 e. The molecule has 0 aliphatic rings. The normalized spacial score (nSPS) is 10.0. The van der Waals surface area contributed by atoms with E-state index in [-0.39, 0.29) is 70.8 Å². The van der Waals surface area contributed by atoms with E-state index in [9.17, 15) is 0 Å². The van der Waals surface area contributed by atoms with E-state index in [0.717, 1.165) is 0 Å². The molecule has 0 aliphatic heterocycles. The second-order valence-electron chi connectivity index (χ2n) is 4.20. The topological polar surface area (TPSA) is 0 Å². The molecule has 0 unspecified atom stereocenters. The van der Waals surface area contributed by atoms with Crippen LogP contribution in [0.5, 0.6) is 0 Å². The molecule has 0 fully saturated rings. The van der Waals surface area contributed by atoms with Crippen LogP contribution in [0.25, 0.3) is 0 Å². The molecule has 2 rings (SSSR count). The van der Waals surface area contributed by atoms with Crippen molar-refractivity contribution in [1.29, 1.82) is 0 Å². The van der Waals surface area contributed by atoms with Gasteiger partial charge in [-0.25, -0.2) is 0 Å². The molecule has 0 bridgehead atoms.